The van der Waals surface area contributed by atoms with Crippen LogP contribution in [-0.2, 0) is 13.5 Å². The Bertz CT molecular complexity index is 698. The van der Waals surface area contributed by atoms with Crippen LogP contribution in [0.1, 0.15) is 5.56 Å². The van der Waals surface area contributed by atoms with Crippen molar-refractivity contribution in [3.05, 3.63) is 54.1 Å². The molecule has 0 saturated carbocycles. The van der Waals surface area contributed by atoms with E-state index in [1.54, 1.807) is 0 Å². The SMILES string of the molecule is Cn1c(-c2ccc(CCS)cc2)nc2ccccc21. The first-order valence-electron chi connectivity index (χ1n) is 6.41. The van der Waals surface area contributed by atoms with E-state index >= 15 is 0 Å². The molecule has 19 heavy (non-hydrogen) atoms. The lowest BCUT2D eigenvalue weighted by Crippen LogP contribution is -1.93. The van der Waals surface area contributed by atoms with Crippen molar-refractivity contribution in [1.82, 2.24) is 9.55 Å². The number of para-hydroxylation sites is 2. The molecule has 0 radical (unpaired) electrons. The number of nitrogens with zero attached hydrogens (tertiary/aromatic N) is 2. The normalized spacial score (nSPS) is 11.1. The van der Waals surface area contributed by atoms with Crippen LogP contribution >= 0.6 is 12.6 Å². The van der Waals surface area contributed by atoms with E-state index < -0.39 is 0 Å². The minimum absolute atomic E-state index is 0.881. The molecule has 1 heterocycles. The van der Waals surface area contributed by atoms with Crippen LogP contribution in [0.3, 0.4) is 0 Å². The lowest BCUT2D eigenvalue weighted by atomic mass is 10.1. The number of aryl methyl sites for hydroxylation is 2. The summed E-state index contributed by atoms with van der Waals surface area (Å²) < 4.78 is 2.14. The highest BCUT2D eigenvalue weighted by Crippen LogP contribution is 2.23. The third-order valence-electron chi connectivity index (χ3n) is 3.40. The molecule has 0 aliphatic carbocycles. The maximum absolute atomic E-state index is 4.71. The number of rotatable bonds is 3. The molecule has 0 amide bonds. The Morgan fingerprint density at radius 1 is 1.05 bits per heavy atom. The molecular formula is C16H16N2S. The van der Waals surface area contributed by atoms with Crippen LogP contribution in [0.4, 0.5) is 0 Å². The van der Waals surface area contributed by atoms with Crippen LogP contribution in [0.15, 0.2) is 48.5 Å². The Labute approximate surface area is 118 Å². The second kappa shape index (κ2) is 5.10. The second-order valence-electron chi connectivity index (χ2n) is 4.65. The number of hydrogen-bond donors (Lipinski definition) is 1. The highest BCUT2D eigenvalue weighted by atomic mass is 32.1. The van der Waals surface area contributed by atoms with E-state index in [1.807, 2.05) is 18.2 Å². The third-order valence-corrected chi connectivity index (χ3v) is 3.62. The van der Waals surface area contributed by atoms with Crippen LogP contribution in [0.2, 0.25) is 0 Å². The molecule has 0 aliphatic heterocycles. The topological polar surface area (TPSA) is 17.8 Å². The van der Waals surface area contributed by atoms with Crippen LogP contribution in [0, 0.1) is 0 Å². The van der Waals surface area contributed by atoms with E-state index in [-0.39, 0.29) is 0 Å². The fourth-order valence-electron chi connectivity index (χ4n) is 2.35. The van der Waals surface area contributed by atoms with Gasteiger partial charge in [0.1, 0.15) is 5.82 Å². The van der Waals surface area contributed by atoms with Gasteiger partial charge in [-0.05, 0) is 29.9 Å². The van der Waals surface area contributed by atoms with Gasteiger partial charge in [0.25, 0.3) is 0 Å². The Morgan fingerprint density at radius 3 is 2.47 bits per heavy atom. The van der Waals surface area contributed by atoms with Gasteiger partial charge in [-0.1, -0.05) is 36.4 Å². The molecule has 0 unspecified atom stereocenters. The van der Waals surface area contributed by atoms with Gasteiger partial charge >= 0.3 is 0 Å². The third kappa shape index (κ3) is 2.26. The van der Waals surface area contributed by atoms with Crippen molar-refractivity contribution in [2.75, 3.05) is 5.75 Å². The van der Waals surface area contributed by atoms with Crippen LogP contribution in [0.25, 0.3) is 22.4 Å². The van der Waals surface area contributed by atoms with Gasteiger partial charge in [-0.3, -0.25) is 0 Å². The largest absolute Gasteiger partial charge is 0.327 e. The number of benzene rings is 2. The molecule has 0 bridgehead atoms. The summed E-state index contributed by atoms with van der Waals surface area (Å²) in [6.45, 7) is 0. The van der Waals surface area contributed by atoms with E-state index in [0.717, 1.165) is 34.6 Å². The first-order chi connectivity index (χ1) is 9.29. The summed E-state index contributed by atoms with van der Waals surface area (Å²) in [6, 6.07) is 16.8. The molecule has 0 N–H and O–H groups in total. The number of aromatic nitrogens is 2. The zero-order valence-corrected chi connectivity index (χ0v) is 11.8. The van der Waals surface area contributed by atoms with Crippen LogP contribution in [0.5, 0.6) is 0 Å². The monoisotopic (exact) mass is 268 g/mol. The van der Waals surface area contributed by atoms with E-state index in [0.29, 0.717) is 0 Å². The van der Waals surface area contributed by atoms with Gasteiger partial charge < -0.3 is 4.57 Å². The molecular weight excluding hydrogens is 252 g/mol. The van der Waals surface area contributed by atoms with Gasteiger partial charge in [-0.15, -0.1) is 0 Å². The van der Waals surface area contributed by atoms with E-state index in [1.165, 1.54) is 5.56 Å². The Balaban J connectivity index is 2.06. The Kier molecular flexibility index (Phi) is 3.30. The van der Waals surface area contributed by atoms with Gasteiger partial charge in [0.05, 0.1) is 11.0 Å². The summed E-state index contributed by atoms with van der Waals surface area (Å²) in [5.41, 5.74) is 4.68. The number of imidazole rings is 1. The van der Waals surface area contributed by atoms with E-state index in [9.17, 15) is 0 Å². The average molecular weight is 268 g/mol. The fourth-order valence-corrected chi connectivity index (χ4v) is 2.61. The maximum Gasteiger partial charge on any atom is 0.140 e. The quantitative estimate of drug-likeness (QED) is 0.717. The second-order valence-corrected chi connectivity index (χ2v) is 5.10. The molecule has 2 aromatic carbocycles. The van der Waals surface area contributed by atoms with E-state index in [2.05, 4.69) is 54.6 Å². The number of fused-ring (bicyclic) bond motifs is 1. The van der Waals surface area contributed by atoms with Crippen molar-refractivity contribution in [2.24, 2.45) is 7.05 Å². The van der Waals surface area contributed by atoms with Crippen molar-refractivity contribution >= 4 is 23.7 Å². The highest BCUT2D eigenvalue weighted by molar-refractivity contribution is 7.80. The zero-order valence-electron chi connectivity index (χ0n) is 10.9. The van der Waals surface area contributed by atoms with Crippen LogP contribution in [-0.4, -0.2) is 15.3 Å². The first-order valence-corrected chi connectivity index (χ1v) is 7.04. The predicted octanol–water partition coefficient (Wildman–Crippen LogP) is 3.71. The summed E-state index contributed by atoms with van der Waals surface area (Å²) >= 11 is 4.26. The molecule has 3 rings (SSSR count). The van der Waals surface area contributed by atoms with Crippen LogP contribution < -0.4 is 0 Å². The standard InChI is InChI=1S/C16H16N2S/c1-18-15-5-3-2-4-14(15)17-16(18)13-8-6-12(7-9-13)10-11-19/h2-9,19H,10-11H2,1H3. The summed E-state index contributed by atoms with van der Waals surface area (Å²) in [4.78, 5) is 4.71. The van der Waals surface area contributed by atoms with E-state index in [4.69, 9.17) is 4.98 Å². The summed E-state index contributed by atoms with van der Waals surface area (Å²) in [5.74, 6) is 1.89. The number of hydrogen-bond acceptors (Lipinski definition) is 2. The molecule has 3 aromatic rings. The highest BCUT2D eigenvalue weighted by Gasteiger charge is 2.08. The molecule has 0 fully saturated rings. The molecule has 0 saturated heterocycles. The van der Waals surface area contributed by atoms with Crippen molar-refractivity contribution in [2.45, 2.75) is 6.42 Å². The summed E-state index contributed by atoms with van der Waals surface area (Å²) in [7, 11) is 2.06. The average Bonchev–Trinajstić information content (AvgIpc) is 2.78. The molecule has 96 valence electrons. The first kappa shape index (κ1) is 12.3. The smallest absolute Gasteiger partial charge is 0.140 e. The van der Waals surface area contributed by atoms with Crippen molar-refractivity contribution < 1.29 is 0 Å². The minimum Gasteiger partial charge on any atom is -0.327 e. The zero-order chi connectivity index (χ0) is 13.2. The molecule has 2 nitrogen and oxygen atoms in total. The van der Waals surface area contributed by atoms with Gasteiger partial charge in [-0.25, -0.2) is 4.98 Å². The van der Waals surface area contributed by atoms with Gasteiger partial charge in [0.2, 0.25) is 0 Å². The van der Waals surface area contributed by atoms with Gasteiger partial charge in [0.15, 0.2) is 0 Å². The van der Waals surface area contributed by atoms with Gasteiger partial charge in [0, 0.05) is 12.6 Å². The number of thiol groups is 1. The Morgan fingerprint density at radius 2 is 1.79 bits per heavy atom. The molecule has 1 aromatic heterocycles. The van der Waals surface area contributed by atoms with Crippen molar-refractivity contribution in [3.63, 3.8) is 0 Å². The molecule has 3 heteroatoms. The Hall–Kier alpha value is -1.74. The lowest BCUT2D eigenvalue weighted by Gasteiger charge is -2.04. The molecule has 0 aliphatic rings. The van der Waals surface area contributed by atoms with Crippen molar-refractivity contribution in [3.8, 4) is 11.4 Å². The summed E-state index contributed by atoms with van der Waals surface area (Å²) in [5, 5.41) is 0. The molecule has 0 spiro atoms. The maximum atomic E-state index is 4.71. The van der Waals surface area contributed by atoms with Gasteiger partial charge in [-0.2, -0.15) is 12.6 Å². The van der Waals surface area contributed by atoms with Crippen molar-refractivity contribution in [1.29, 1.82) is 0 Å². The molecule has 0 atom stereocenters. The lowest BCUT2D eigenvalue weighted by molar-refractivity contribution is 0.959. The summed E-state index contributed by atoms with van der Waals surface area (Å²) in [6.07, 6.45) is 1.01. The predicted molar refractivity (Wildman–Crippen MR) is 83.7 cm³/mol. The minimum atomic E-state index is 0.881. The fraction of sp³-hybridized carbons (Fsp3) is 0.188.